The molecule has 5 rings (SSSR count). The lowest BCUT2D eigenvalue weighted by atomic mass is 10.0. The van der Waals surface area contributed by atoms with Crippen LogP contribution in [0.2, 0.25) is 0 Å². The number of esters is 2. The second-order valence-corrected chi connectivity index (χ2v) is 12.3. The van der Waals surface area contributed by atoms with Gasteiger partial charge in [0.05, 0.1) is 35.9 Å². The number of para-hydroxylation sites is 1. The Bertz CT molecular complexity index is 2000. The Kier molecular flexibility index (Phi) is 9.84. The Morgan fingerprint density at radius 2 is 1.81 bits per heavy atom. The molecular weight excluding hydrogens is 630 g/mol. The molecule has 0 bridgehead atoms. The van der Waals surface area contributed by atoms with E-state index in [2.05, 4.69) is 14.8 Å². The fourth-order valence-electron chi connectivity index (χ4n) is 4.88. The standard InChI is InChI=1S/C33H31N3O10S/c1-20(46-40)15-16-44-32(38)23-7-6-8-26(17-23)47(41,42)35-25-13-11-22(12-14-25)30-28(33(39)45-34-30)18-24-19-36(21(2)31(37)43-3)29-10-5-4-9-27(24)29/h4-14,17-21,35,40H,15-16H2,1-3H3. The largest absolute Gasteiger partial charge is 0.467 e. The van der Waals surface area contributed by atoms with Crippen molar-refractivity contribution in [1.29, 1.82) is 0 Å². The molecule has 1 aliphatic heterocycles. The predicted molar refractivity (Wildman–Crippen MR) is 171 cm³/mol. The van der Waals surface area contributed by atoms with Gasteiger partial charge >= 0.3 is 17.9 Å². The summed E-state index contributed by atoms with van der Waals surface area (Å²) in [5, 5.41) is 13.4. The first-order chi connectivity index (χ1) is 22.5. The number of nitrogens with one attached hydrogen (secondary N) is 1. The Labute approximate surface area is 270 Å². The van der Waals surface area contributed by atoms with Crippen LogP contribution in [0.25, 0.3) is 17.0 Å². The van der Waals surface area contributed by atoms with Crippen LogP contribution in [-0.4, -0.2) is 61.7 Å². The summed E-state index contributed by atoms with van der Waals surface area (Å²) in [5.41, 5.74) is 2.58. The van der Waals surface area contributed by atoms with Gasteiger partial charge in [-0.15, -0.1) is 0 Å². The molecule has 0 saturated carbocycles. The molecule has 2 heterocycles. The molecular formula is C33H31N3O10S. The molecule has 2 N–H and O–H groups in total. The summed E-state index contributed by atoms with van der Waals surface area (Å²) in [6, 6.07) is 18.4. The smallest absolute Gasteiger partial charge is 0.368 e. The van der Waals surface area contributed by atoms with Gasteiger partial charge in [-0.1, -0.05) is 41.6 Å². The topological polar surface area (TPSA) is 172 Å². The van der Waals surface area contributed by atoms with E-state index in [4.69, 9.17) is 19.6 Å². The van der Waals surface area contributed by atoms with Crippen LogP contribution in [-0.2, 0) is 38.8 Å². The van der Waals surface area contributed by atoms with E-state index in [1.807, 2.05) is 24.3 Å². The number of oxime groups is 1. The number of ether oxygens (including phenoxy) is 2. The number of rotatable bonds is 12. The molecule has 13 nitrogen and oxygen atoms in total. The summed E-state index contributed by atoms with van der Waals surface area (Å²) in [6.45, 7) is 3.28. The molecule has 4 aromatic rings. The molecule has 0 radical (unpaired) electrons. The third kappa shape index (κ3) is 7.25. The molecule has 14 heteroatoms. The van der Waals surface area contributed by atoms with Gasteiger partial charge < -0.3 is 18.9 Å². The van der Waals surface area contributed by atoms with E-state index in [0.29, 0.717) is 11.1 Å². The van der Waals surface area contributed by atoms with Crippen molar-refractivity contribution >= 4 is 56.3 Å². The average Bonchev–Trinajstić information content (AvgIpc) is 3.64. The van der Waals surface area contributed by atoms with Gasteiger partial charge in [0, 0.05) is 40.3 Å². The summed E-state index contributed by atoms with van der Waals surface area (Å²) >= 11 is 0. The molecule has 2 unspecified atom stereocenters. The first-order valence-electron chi connectivity index (χ1n) is 14.4. The van der Waals surface area contributed by atoms with Crippen LogP contribution in [0.4, 0.5) is 5.69 Å². The third-order valence-corrected chi connectivity index (χ3v) is 8.83. The maximum absolute atomic E-state index is 13.1. The normalized spacial score (nSPS) is 15.2. The van der Waals surface area contributed by atoms with Crippen molar-refractivity contribution in [2.75, 3.05) is 18.4 Å². The highest BCUT2D eigenvalue weighted by atomic mass is 32.2. The predicted octanol–water partition coefficient (Wildman–Crippen LogP) is 4.95. The Balaban J connectivity index is 1.34. The molecule has 1 aliphatic rings. The van der Waals surface area contributed by atoms with E-state index in [1.165, 1.54) is 43.5 Å². The van der Waals surface area contributed by atoms with Crippen molar-refractivity contribution in [3.8, 4) is 0 Å². The number of carbonyl (C=O) groups is 3. The van der Waals surface area contributed by atoms with E-state index in [-0.39, 0.29) is 40.5 Å². The fraction of sp³-hybridized carbons (Fsp3) is 0.212. The third-order valence-electron chi connectivity index (χ3n) is 7.45. The zero-order valence-electron chi connectivity index (χ0n) is 25.6. The first kappa shape index (κ1) is 33.1. The number of carbonyl (C=O) groups excluding carboxylic acids is 3. The number of anilines is 1. The SMILES string of the molecule is COC(=O)C(C)n1cc(C=C2C(=O)ON=C2c2ccc(NS(=O)(=O)c3cccc(C(=O)OCCC(C)OO)c3)cc2)c2ccccc21. The number of hydrogen-bond donors (Lipinski definition) is 2. The van der Waals surface area contributed by atoms with Crippen molar-refractivity contribution < 1.29 is 47.3 Å². The second-order valence-electron chi connectivity index (χ2n) is 10.6. The number of fused-ring (bicyclic) bond motifs is 1. The maximum Gasteiger partial charge on any atom is 0.368 e. The van der Waals surface area contributed by atoms with E-state index in [0.717, 1.165) is 10.9 Å². The summed E-state index contributed by atoms with van der Waals surface area (Å²) in [4.78, 5) is 46.4. The van der Waals surface area contributed by atoms with E-state index >= 15 is 0 Å². The average molecular weight is 662 g/mol. The quantitative estimate of drug-likeness (QED) is 0.0696. The Morgan fingerprint density at radius 1 is 1.06 bits per heavy atom. The lowest BCUT2D eigenvalue weighted by Crippen LogP contribution is -2.16. The minimum absolute atomic E-state index is 0.0289. The molecule has 0 amide bonds. The number of nitrogens with zero attached hydrogens (tertiary/aromatic N) is 2. The van der Waals surface area contributed by atoms with E-state index in [1.54, 1.807) is 42.8 Å². The monoisotopic (exact) mass is 661 g/mol. The molecule has 0 saturated heterocycles. The van der Waals surface area contributed by atoms with Gasteiger partial charge in [-0.05, 0) is 56.3 Å². The highest BCUT2D eigenvalue weighted by molar-refractivity contribution is 7.92. The lowest BCUT2D eigenvalue weighted by Gasteiger charge is -2.12. The van der Waals surface area contributed by atoms with Crippen molar-refractivity contribution in [2.45, 2.75) is 37.3 Å². The Morgan fingerprint density at radius 3 is 2.53 bits per heavy atom. The zero-order chi connectivity index (χ0) is 33.7. The van der Waals surface area contributed by atoms with Crippen molar-refractivity contribution in [2.24, 2.45) is 5.16 Å². The number of aromatic nitrogens is 1. The van der Waals surface area contributed by atoms with E-state index in [9.17, 15) is 22.8 Å². The molecule has 244 valence electrons. The highest BCUT2D eigenvalue weighted by Crippen LogP contribution is 2.30. The zero-order valence-corrected chi connectivity index (χ0v) is 26.4. The summed E-state index contributed by atoms with van der Waals surface area (Å²) in [7, 11) is -2.78. The molecule has 0 fully saturated rings. The van der Waals surface area contributed by atoms with Crippen LogP contribution in [0.15, 0.2) is 94.6 Å². The first-order valence-corrected chi connectivity index (χ1v) is 15.9. The van der Waals surface area contributed by atoms with Gasteiger partial charge in [0.25, 0.3) is 10.0 Å². The molecule has 47 heavy (non-hydrogen) atoms. The van der Waals surface area contributed by atoms with Crippen molar-refractivity contribution in [3.63, 3.8) is 0 Å². The van der Waals surface area contributed by atoms with Crippen LogP contribution in [0.1, 0.15) is 47.8 Å². The molecule has 0 aliphatic carbocycles. The van der Waals surface area contributed by atoms with E-state index < -0.39 is 40.1 Å². The fourth-order valence-corrected chi connectivity index (χ4v) is 5.98. The van der Waals surface area contributed by atoms with Crippen LogP contribution in [0, 0.1) is 0 Å². The summed E-state index contributed by atoms with van der Waals surface area (Å²) < 4.78 is 40.6. The number of hydrogen-bond acceptors (Lipinski definition) is 11. The number of sulfonamides is 1. The summed E-state index contributed by atoms with van der Waals surface area (Å²) in [5.74, 6) is -1.82. The summed E-state index contributed by atoms with van der Waals surface area (Å²) in [6.07, 6.45) is 3.11. The van der Waals surface area contributed by atoms with Gasteiger partial charge in [0.2, 0.25) is 0 Å². The van der Waals surface area contributed by atoms with Gasteiger partial charge in [0.1, 0.15) is 11.8 Å². The minimum atomic E-state index is -4.10. The number of methoxy groups -OCH3 is 1. The molecule has 1 aromatic heterocycles. The van der Waals surface area contributed by atoms with Crippen LogP contribution < -0.4 is 4.72 Å². The van der Waals surface area contributed by atoms with Gasteiger partial charge in [-0.25, -0.2) is 27.7 Å². The van der Waals surface area contributed by atoms with Gasteiger partial charge in [-0.3, -0.25) is 9.98 Å². The maximum atomic E-state index is 13.1. The van der Waals surface area contributed by atoms with Crippen LogP contribution >= 0.6 is 0 Å². The lowest BCUT2D eigenvalue weighted by molar-refractivity contribution is -0.275. The molecule has 2 atom stereocenters. The molecule has 3 aromatic carbocycles. The molecule has 0 spiro atoms. The van der Waals surface area contributed by atoms with Crippen LogP contribution in [0.5, 0.6) is 0 Å². The Hall–Kier alpha value is -5.31. The van der Waals surface area contributed by atoms with Crippen molar-refractivity contribution in [1.82, 2.24) is 4.57 Å². The minimum Gasteiger partial charge on any atom is -0.467 e. The highest BCUT2D eigenvalue weighted by Gasteiger charge is 2.28. The van der Waals surface area contributed by atoms with Crippen LogP contribution in [0.3, 0.4) is 0 Å². The van der Waals surface area contributed by atoms with Gasteiger partial charge in [0.15, 0.2) is 0 Å². The second kappa shape index (κ2) is 14.0. The van der Waals surface area contributed by atoms with Gasteiger partial charge in [-0.2, -0.15) is 0 Å². The number of benzene rings is 3. The van der Waals surface area contributed by atoms with Crippen molar-refractivity contribution in [3.05, 3.63) is 101 Å².